The highest BCUT2D eigenvalue weighted by Crippen LogP contribution is 2.13. The fourth-order valence-electron chi connectivity index (χ4n) is 1.76. The van der Waals surface area contributed by atoms with Gasteiger partial charge < -0.3 is 10.2 Å². The molecular formula is C16H18N2O. The van der Waals surface area contributed by atoms with E-state index >= 15 is 0 Å². The fraction of sp³-hybridized carbons (Fsp3) is 0.188. The molecule has 0 bridgehead atoms. The molecule has 0 aromatic heterocycles. The first-order valence-electron chi connectivity index (χ1n) is 6.29. The Balaban J connectivity index is 1.94. The molecule has 0 aliphatic carbocycles. The van der Waals surface area contributed by atoms with Crippen LogP contribution in [0.25, 0.3) is 0 Å². The number of nitrogens with zero attached hydrogens (tertiary/aromatic N) is 1. The summed E-state index contributed by atoms with van der Waals surface area (Å²) in [6.45, 7) is 2.32. The van der Waals surface area contributed by atoms with E-state index in [1.807, 2.05) is 61.5 Å². The van der Waals surface area contributed by atoms with Crippen LogP contribution in [0.15, 0.2) is 54.6 Å². The Labute approximate surface area is 113 Å². The van der Waals surface area contributed by atoms with Crippen LogP contribution in [0.2, 0.25) is 0 Å². The van der Waals surface area contributed by atoms with Gasteiger partial charge in [-0.3, -0.25) is 4.79 Å². The van der Waals surface area contributed by atoms with Gasteiger partial charge in [-0.25, -0.2) is 0 Å². The Kier molecular flexibility index (Phi) is 4.18. The van der Waals surface area contributed by atoms with E-state index in [4.69, 9.17) is 0 Å². The second kappa shape index (κ2) is 6.05. The summed E-state index contributed by atoms with van der Waals surface area (Å²) in [4.78, 5) is 13.7. The van der Waals surface area contributed by atoms with Gasteiger partial charge in [0.05, 0.1) is 6.54 Å². The molecule has 19 heavy (non-hydrogen) atoms. The van der Waals surface area contributed by atoms with Gasteiger partial charge in [-0.2, -0.15) is 0 Å². The molecule has 1 amide bonds. The van der Waals surface area contributed by atoms with Crippen molar-refractivity contribution in [3.8, 4) is 0 Å². The molecule has 0 atom stereocenters. The van der Waals surface area contributed by atoms with Crippen molar-refractivity contribution in [2.75, 3.05) is 23.8 Å². The van der Waals surface area contributed by atoms with E-state index < -0.39 is 0 Å². The maximum absolute atomic E-state index is 12.1. The summed E-state index contributed by atoms with van der Waals surface area (Å²) in [6, 6.07) is 17.6. The minimum absolute atomic E-state index is 0.0349. The van der Waals surface area contributed by atoms with Gasteiger partial charge in [0, 0.05) is 18.4 Å². The van der Waals surface area contributed by atoms with Gasteiger partial charge in [0.1, 0.15) is 0 Å². The third kappa shape index (κ3) is 3.58. The van der Waals surface area contributed by atoms with Crippen LogP contribution in [0.5, 0.6) is 0 Å². The molecule has 2 aromatic rings. The van der Waals surface area contributed by atoms with Crippen molar-refractivity contribution < 1.29 is 4.79 Å². The van der Waals surface area contributed by atoms with Crippen LogP contribution in [0.4, 0.5) is 11.4 Å². The normalized spacial score (nSPS) is 10.0. The maximum Gasteiger partial charge on any atom is 0.246 e. The molecule has 2 rings (SSSR count). The van der Waals surface area contributed by atoms with Gasteiger partial charge in [-0.05, 0) is 31.2 Å². The number of nitrogens with one attached hydrogen (secondary N) is 1. The van der Waals surface area contributed by atoms with Crippen molar-refractivity contribution >= 4 is 17.3 Å². The predicted octanol–water partition coefficient (Wildman–Crippen LogP) is 3.07. The molecule has 0 fully saturated rings. The summed E-state index contributed by atoms with van der Waals surface area (Å²) < 4.78 is 0. The van der Waals surface area contributed by atoms with E-state index in [0.717, 1.165) is 11.4 Å². The highest BCUT2D eigenvalue weighted by molar-refractivity contribution is 5.95. The van der Waals surface area contributed by atoms with E-state index in [1.165, 1.54) is 5.56 Å². The number of hydrogen-bond donors (Lipinski definition) is 1. The summed E-state index contributed by atoms with van der Waals surface area (Å²) in [5.41, 5.74) is 3.05. The fourth-order valence-corrected chi connectivity index (χ4v) is 1.76. The first kappa shape index (κ1) is 13.1. The van der Waals surface area contributed by atoms with Gasteiger partial charge in [0.25, 0.3) is 0 Å². The molecular weight excluding hydrogens is 236 g/mol. The summed E-state index contributed by atoms with van der Waals surface area (Å²) in [5, 5.41) is 3.12. The third-order valence-corrected chi connectivity index (χ3v) is 3.01. The molecule has 0 aliphatic rings. The Morgan fingerprint density at radius 1 is 1.05 bits per heavy atom. The van der Waals surface area contributed by atoms with Crippen LogP contribution in [-0.4, -0.2) is 19.5 Å². The van der Waals surface area contributed by atoms with Crippen LogP contribution >= 0.6 is 0 Å². The number of para-hydroxylation sites is 1. The molecule has 1 N–H and O–H groups in total. The molecule has 0 heterocycles. The van der Waals surface area contributed by atoms with Crippen LogP contribution in [0.3, 0.4) is 0 Å². The van der Waals surface area contributed by atoms with Crippen LogP contribution in [0, 0.1) is 6.92 Å². The molecule has 0 aliphatic heterocycles. The van der Waals surface area contributed by atoms with E-state index in [1.54, 1.807) is 11.9 Å². The van der Waals surface area contributed by atoms with E-state index in [0.29, 0.717) is 0 Å². The standard InChI is InChI=1S/C16H18N2O/c1-13-8-10-15(11-9-13)18(2)16(19)12-17-14-6-4-3-5-7-14/h3-11,17H,12H2,1-2H3. The Hall–Kier alpha value is -2.29. The number of rotatable bonds is 4. The van der Waals surface area contributed by atoms with E-state index in [9.17, 15) is 4.79 Å². The van der Waals surface area contributed by atoms with Crippen LogP contribution in [0.1, 0.15) is 5.56 Å². The molecule has 3 nitrogen and oxygen atoms in total. The van der Waals surface area contributed by atoms with Crippen molar-refractivity contribution in [2.24, 2.45) is 0 Å². The zero-order valence-electron chi connectivity index (χ0n) is 11.3. The minimum Gasteiger partial charge on any atom is -0.376 e. The SMILES string of the molecule is Cc1ccc(N(C)C(=O)CNc2ccccc2)cc1. The lowest BCUT2D eigenvalue weighted by molar-refractivity contribution is -0.116. The van der Waals surface area contributed by atoms with Gasteiger partial charge in [-0.15, -0.1) is 0 Å². The molecule has 0 spiro atoms. The number of amides is 1. The van der Waals surface area contributed by atoms with Crippen molar-refractivity contribution in [3.05, 3.63) is 60.2 Å². The first-order chi connectivity index (χ1) is 9.16. The largest absolute Gasteiger partial charge is 0.376 e. The highest BCUT2D eigenvalue weighted by Gasteiger charge is 2.09. The Bertz CT molecular complexity index is 534. The number of carbonyl (C=O) groups is 1. The number of carbonyl (C=O) groups excluding carboxylic acids is 1. The molecule has 98 valence electrons. The molecule has 0 saturated carbocycles. The van der Waals surface area contributed by atoms with Gasteiger partial charge in [0.2, 0.25) is 5.91 Å². The predicted molar refractivity (Wildman–Crippen MR) is 79.5 cm³/mol. The second-order valence-corrected chi connectivity index (χ2v) is 4.51. The molecule has 2 aromatic carbocycles. The molecule has 0 saturated heterocycles. The van der Waals surface area contributed by atoms with Crippen molar-refractivity contribution in [3.63, 3.8) is 0 Å². The van der Waals surface area contributed by atoms with Crippen molar-refractivity contribution in [1.29, 1.82) is 0 Å². The summed E-state index contributed by atoms with van der Waals surface area (Å²) >= 11 is 0. The van der Waals surface area contributed by atoms with E-state index in [-0.39, 0.29) is 12.5 Å². The topological polar surface area (TPSA) is 32.3 Å². The molecule has 3 heteroatoms. The van der Waals surface area contributed by atoms with Crippen molar-refractivity contribution in [2.45, 2.75) is 6.92 Å². The lowest BCUT2D eigenvalue weighted by atomic mass is 10.2. The summed E-state index contributed by atoms with van der Waals surface area (Å²) in [5.74, 6) is 0.0349. The molecule has 0 radical (unpaired) electrons. The quantitative estimate of drug-likeness (QED) is 0.909. The number of aryl methyl sites for hydroxylation is 1. The highest BCUT2D eigenvalue weighted by atomic mass is 16.2. The lowest BCUT2D eigenvalue weighted by Gasteiger charge is -2.18. The zero-order valence-corrected chi connectivity index (χ0v) is 11.3. The van der Waals surface area contributed by atoms with Crippen molar-refractivity contribution in [1.82, 2.24) is 0 Å². The van der Waals surface area contributed by atoms with Crippen LogP contribution in [-0.2, 0) is 4.79 Å². The minimum atomic E-state index is 0.0349. The van der Waals surface area contributed by atoms with E-state index in [2.05, 4.69) is 5.32 Å². The van der Waals surface area contributed by atoms with Crippen LogP contribution < -0.4 is 10.2 Å². The Morgan fingerprint density at radius 2 is 1.68 bits per heavy atom. The second-order valence-electron chi connectivity index (χ2n) is 4.51. The zero-order chi connectivity index (χ0) is 13.7. The number of anilines is 2. The first-order valence-corrected chi connectivity index (χ1v) is 6.29. The monoisotopic (exact) mass is 254 g/mol. The Morgan fingerprint density at radius 3 is 2.32 bits per heavy atom. The summed E-state index contributed by atoms with van der Waals surface area (Å²) in [7, 11) is 1.79. The number of benzene rings is 2. The lowest BCUT2D eigenvalue weighted by Crippen LogP contribution is -2.32. The number of likely N-dealkylation sites (N-methyl/N-ethyl adjacent to an activating group) is 1. The average molecular weight is 254 g/mol. The molecule has 0 unspecified atom stereocenters. The maximum atomic E-state index is 12.1. The smallest absolute Gasteiger partial charge is 0.246 e. The van der Waals surface area contributed by atoms with Gasteiger partial charge >= 0.3 is 0 Å². The van der Waals surface area contributed by atoms with Gasteiger partial charge in [0.15, 0.2) is 0 Å². The third-order valence-electron chi connectivity index (χ3n) is 3.01. The van der Waals surface area contributed by atoms with Gasteiger partial charge in [-0.1, -0.05) is 35.9 Å². The number of hydrogen-bond acceptors (Lipinski definition) is 2. The summed E-state index contributed by atoms with van der Waals surface area (Å²) in [6.07, 6.45) is 0. The average Bonchev–Trinajstić information content (AvgIpc) is 2.46.